The number of aromatic nitrogens is 1. The van der Waals surface area contributed by atoms with Gasteiger partial charge in [-0.05, 0) is 24.0 Å². The van der Waals surface area contributed by atoms with Gasteiger partial charge in [0.05, 0.1) is 5.69 Å². The van der Waals surface area contributed by atoms with Crippen LogP contribution in [0.1, 0.15) is 47.6 Å². The van der Waals surface area contributed by atoms with Crippen molar-refractivity contribution in [2.75, 3.05) is 0 Å². The predicted molar refractivity (Wildman–Crippen MR) is 67.9 cm³/mol. The zero-order valence-corrected chi connectivity index (χ0v) is 10.5. The van der Waals surface area contributed by atoms with E-state index in [1.165, 1.54) is 24.0 Å². The summed E-state index contributed by atoms with van der Waals surface area (Å²) in [5.41, 5.74) is 4.10. The van der Waals surface area contributed by atoms with Crippen molar-refractivity contribution in [3.63, 3.8) is 0 Å². The Bertz CT molecular complexity index is 559. The third-order valence-electron chi connectivity index (χ3n) is 4.24. The molecule has 3 nitrogen and oxygen atoms in total. The molecule has 0 aliphatic carbocycles. The number of oxazole rings is 1. The second kappa shape index (κ2) is 3.69. The van der Waals surface area contributed by atoms with Gasteiger partial charge in [-0.2, -0.15) is 0 Å². The molecule has 0 N–H and O–H groups in total. The average Bonchev–Trinajstić information content (AvgIpc) is 3.05. The maximum absolute atomic E-state index is 5.31. The van der Waals surface area contributed by atoms with E-state index in [0.717, 1.165) is 18.1 Å². The molecule has 18 heavy (non-hydrogen) atoms. The molecule has 2 aliphatic heterocycles. The highest BCUT2D eigenvalue weighted by Gasteiger charge is 2.43. The van der Waals surface area contributed by atoms with Crippen molar-refractivity contribution in [1.82, 2.24) is 9.88 Å². The first-order chi connectivity index (χ1) is 8.83. The van der Waals surface area contributed by atoms with Crippen LogP contribution in [0, 0.1) is 6.92 Å². The summed E-state index contributed by atoms with van der Waals surface area (Å²) in [5.74, 6) is 0.758. The van der Waals surface area contributed by atoms with Crippen molar-refractivity contribution in [2.45, 2.75) is 38.4 Å². The van der Waals surface area contributed by atoms with Crippen LogP contribution in [-0.4, -0.2) is 9.88 Å². The van der Waals surface area contributed by atoms with Crippen LogP contribution in [0.2, 0.25) is 0 Å². The topological polar surface area (TPSA) is 29.3 Å². The SMILES string of the molecule is Cc1nc(CN2C3CCC2c2ccccc23)co1. The zero-order chi connectivity index (χ0) is 12.1. The number of nitrogens with zero attached hydrogens (tertiary/aromatic N) is 2. The first kappa shape index (κ1) is 10.3. The van der Waals surface area contributed by atoms with Gasteiger partial charge in [-0.25, -0.2) is 4.98 Å². The normalized spacial score (nSPS) is 25.6. The van der Waals surface area contributed by atoms with Crippen molar-refractivity contribution in [2.24, 2.45) is 0 Å². The Hall–Kier alpha value is -1.61. The Morgan fingerprint density at radius 2 is 1.89 bits per heavy atom. The largest absolute Gasteiger partial charge is 0.449 e. The van der Waals surface area contributed by atoms with Crippen molar-refractivity contribution in [3.8, 4) is 0 Å². The quantitative estimate of drug-likeness (QED) is 0.806. The standard InChI is InChI=1S/C15H16N2O/c1-10-16-11(9-18-10)8-17-14-6-7-15(17)13-5-3-2-4-12(13)14/h2-5,9,14-15H,6-8H2,1H3. The number of benzene rings is 1. The van der Waals surface area contributed by atoms with E-state index in [0.29, 0.717) is 12.1 Å². The lowest BCUT2D eigenvalue weighted by molar-refractivity contribution is 0.211. The molecule has 1 saturated heterocycles. The third-order valence-corrected chi connectivity index (χ3v) is 4.24. The van der Waals surface area contributed by atoms with E-state index in [1.807, 2.05) is 6.92 Å². The fourth-order valence-corrected chi connectivity index (χ4v) is 3.54. The second-order valence-corrected chi connectivity index (χ2v) is 5.27. The van der Waals surface area contributed by atoms with E-state index in [9.17, 15) is 0 Å². The Kier molecular flexibility index (Phi) is 2.12. The van der Waals surface area contributed by atoms with Gasteiger partial charge < -0.3 is 4.42 Å². The zero-order valence-electron chi connectivity index (χ0n) is 10.5. The second-order valence-electron chi connectivity index (χ2n) is 5.27. The van der Waals surface area contributed by atoms with Crippen LogP contribution < -0.4 is 0 Å². The first-order valence-electron chi connectivity index (χ1n) is 6.58. The van der Waals surface area contributed by atoms with Crippen LogP contribution in [0.25, 0.3) is 0 Å². The molecular weight excluding hydrogens is 224 g/mol. The third kappa shape index (κ3) is 1.37. The van der Waals surface area contributed by atoms with Crippen LogP contribution in [0.5, 0.6) is 0 Å². The van der Waals surface area contributed by atoms with E-state index in [-0.39, 0.29) is 0 Å². The lowest BCUT2D eigenvalue weighted by Crippen LogP contribution is -2.19. The lowest BCUT2D eigenvalue weighted by atomic mass is 9.92. The van der Waals surface area contributed by atoms with Crippen LogP contribution in [0.3, 0.4) is 0 Å². The molecule has 2 aliphatic rings. The van der Waals surface area contributed by atoms with Gasteiger partial charge in [0.1, 0.15) is 6.26 Å². The molecule has 0 saturated carbocycles. The van der Waals surface area contributed by atoms with Crippen LogP contribution >= 0.6 is 0 Å². The minimum atomic E-state index is 0.586. The summed E-state index contributed by atoms with van der Waals surface area (Å²) >= 11 is 0. The number of hydrogen-bond acceptors (Lipinski definition) is 3. The molecule has 3 heterocycles. The number of hydrogen-bond donors (Lipinski definition) is 0. The van der Waals surface area contributed by atoms with Gasteiger partial charge >= 0.3 is 0 Å². The minimum absolute atomic E-state index is 0.586. The molecule has 0 radical (unpaired) electrons. The molecule has 0 spiro atoms. The number of rotatable bonds is 2. The van der Waals surface area contributed by atoms with Crippen molar-refractivity contribution >= 4 is 0 Å². The highest BCUT2D eigenvalue weighted by atomic mass is 16.3. The molecule has 1 fully saturated rings. The molecule has 0 amide bonds. The predicted octanol–water partition coefficient (Wildman–Crippen LogP) is 3.37. The Morgan fingerprint density at radius 1 is 1.22 bits per heavy atom. The molecule has 3 heteroatoms. The van der Waals surface area contributed by atoms with E-state index in [4.69, 9.17) is 4.42 Å². The Balaban J connectivity index is 1.66. The van der Waals surface area contributed by atoms with E-state index < -0.39 is 0 Å². The number of fused-ring (bicyclic) bond motifs is 5. The van der Waals surface area contributed by atoms with Crippen molar-refractivity contribution < 1.29 is 4.42 Å². The average molecular weight is 240 g/mol. The van der Waals surface area contributed by atoms with Crippen LogP contribution in [-0.2, 0) is 6.54 Å². The molecule has 2 aromatic rings. The van der Waals surface area contributed by atoms with Gasteiger partial charge in [-0.1, -0.05) is 24.3 Å². The van der Waals surface area contributed by atoms with Gasteiger partial charge in [0.25, 0.3) is 0 Å². The summed E-state index contributed by atoms with van der Waals surface area (Å²) in [6.45, 7) is 2.80. The highest BCUT2D eigenvalue weighted by molar-refractivity contribution is 5.40. The first-order valence-corrected chi connectivity index (χ1v) is 6.58. The maximum Gasteiger partial charge on any atom is 0.191 e. The van der Waals surface area contributed by atoms with Crippen LogP contribution in [0.4, 0.5) is 0 Å². The summed E-state index contributed by atoms with van der Waals surface area (Å²) in [4.78, 5) is 7.00. The summed E-state index contributed by atoms with van der Waals surface area (Å²) < 4.78 is 5.31. The molecule has 2 unspecified atom stereocenters. The van der Waals surface area contributed by atoms with E-state index in [2.05, 4.69) is 34.1 Å². The fraction of sp³-hybridized carbons (Fsp3) is 0.400. The molecule has 1 aromatic heterocycles. The summed E-state index contributed by atoms with van der Waals surface area (Å²) in [6, 6.07) is 10.0. The minimum Gasteiger partial charge on any atom is -0.449 e. The van der Waals surface area contributed by atoms with Crippen molar-refractivity contribution in [3.05, 3.63) is 53.2 Å². The van der Waals surface area contributed by atoms with Gasteiger partial charge in [0.2, 0.25) is 0 Å². The summed E-state index contributed by atoms with van der Waals surface area (Å²) in [5, 5.41) is 0. The number of aryl methyl sites for hydroxylation is 1. The Morgan fingerprint density at radius 3 is 2.44 bits per heavy atom. The Labute approximate surface area is 106 Å². The molecule has 4 rings (SSSR count). The van der Waals surface area contributed by atoms with E-state index >= 15 is 0 Å². The summed E-state index contributed by atoms with van der Waals surface area (Å²) in [6.07, 6.45) is 4.34. The maximum atomic E-state index is 5.31. The van der Waals surface area contributed by atoms with Crippen molar-refractivity contribution in [1.29, 1.82) is 0 Å². The monoisotopic (exact) mass is 240 g/mol. The van der Waals surface area contributed by atoms with Gasteiger partial charge in [0.15, 0.2) is 5.89 Å². The van der Waals surface area contributed by atoms with Gasteiger partial charge in [-0.3, -0.25) is 4.90 Å². The summed E-state index contributed by atoms with van der Waals surface area (Å²) in [7, 11) is 0. The smallest absolute Gasteiger partial charge is 0.191 e. The van der Waals surface area contributed by atoms with Gasteiger partial charge in [0, 0.05) is 25.6 Å². The van der Waals surface area contributed by atoms with Gasteiger partial charge in [-0.15, -0.1) is 0 Å². The molecule has 92 valence electrons. The lowest BCUT2D eigenvalue weighted by Gasteiger charge is -2.20. The molecule has 2 atom stereocenters. The van der Waals surface area contributed by atoms with E-state index in [1.54, 1.807) is 6.26 Å². The molecule has 1 aromatic carbocycles. The molecule has 2 bridgehead atoms. The fourth-order valence-electron chi connectivity index (χ4n) is 3.54. The highest BCUT2D eigenvalue weighted by Crippen LogP contribution is 2.53. The molecular formula is C15H16N2O. The van der Waals surface area contributed by atoms with Crippen LogP contribution in [0.15, 0.2) is 34.9 Å².